The summed E-state index contributed by atoms with van der Waals surface area (Å²) in [6.45, 7) is 0. The van der Waals surface area contributed by atoms with Gasteiger partial charge in [0.05, 0.1) is 66.1 Å². The average Bonchev–Trinajstić information content (AvgIpc) is 1.40. The van der Waals surface area contributed by atoms with Gasteiger partial charge in [0.15, 0.2) is 0 Å². The highest BCUT2D eigenvalue weighted by atomic mass is 15.1. The maximum Gasteiger partial charge on any atom is 0.0645 e. The Labute approximate surface area is 366 Å². The van der Waals surface area contributed by atoms with Gasteiger partial charge in [-0.1, -0.05) is 163 Å². The molecule has 0 aliphatic rings. The third-order valence-electron chi connectivity index (χ3n) is 8.06. The van der Waals surface area contributed by atoms with Crippen LogP contribution < -0.4 is 4.90 Å². The summed E-state index contributed by atoms with van der Waals surface area (Å²) in [6.07, 6.45) is 0. The van der Waals surface area contributed by atoms with Gasteiger partial charge in [0.2, 0.25) is 0 Å². The van der Waals surface area contributed by atoms with E-state index in [-0.39, 0.29) is 4.90 Å². The van der Waals surface area contributed by atoms with Gasteiger partial charge in [-0.2, -0.15) is 0 Å². The van der Waals surface area contributed by atoms with Crippen LogP contribution in [-0.2, 0) is 0 Å². The van der Waals surface area contributed by atoms with Gasteiger partial charge < -0.3 is 9.47 Å². The molecule has 0 bridgehead atoms. The Morgan fingerprint density at radius 2 is 0.870 bits per heavy atom. The fourth-order valence-electron chi connectivity index (χ4n) is 5.79. The number of nitrogens with zero attached hydrogens (tertiary/aromatic N) is 2. The van der Waals surface area contributed by atoms with Gasteiger partial charge in [-0.15, -0.1) is 0 Å². The number of hydrogen-bond donors (Lipinski definition) is 0. The Bertz CT molecular complexity index is 4910. The fraction of sp³-hybridized carbons (Fsp3) is 0. The van der Waals surface area contributed by atoms with E-state index in [4.69, 9.17) is 27.4 Å². The quantitative estimate of drug-likeness (QED) is 0.159. The Kier molecular flexibility index (Phi) is 2.90. The van der Waals surface area contributed by atoms with Gasteiger partial charge in [0, 0.05) is 33.4 Å². The van der Waals surface area contributed by atoms with E-state index in [2.05, 4.69) is 0 Å². The van der Waals surface area contributed by atoms with Crippen LogP contribution in [0.4, 0.5) is 17.1 Å². The van der Waals surface area contributed by atoms with Crippen molar-refractivity contribution in [3.05, 3.63) is 218 Å². The lowest BCUT2D eigenvalue weighted by atomic mass is 9.96. The average molecular weight is 725 g/mol. The highest BCUT2D eigenvalue weighted by Crippen LogP contribution is 2.46. The smallest absolute Gasteiger partial charge is 0.0645 e. The van der Waals surface area contributed by atoms with Gasteiger partial charge in [0.1, 0.15) is 0 Å². The normalized spacial score (nSPS) is 20.7. The summed E-state index contributed by atoms with van der Waals surface area (Å²) in [7, 11) is 0. The van der Waals surface area contributed by atoms with Gasteiger partial charge in [-0.05, 0) is 93.0 Å². The Morgan fingerprint density at radius 3 is 1.65 bits per heavy atom. The molecule has 1 heterocycles. The number of para-hydroxylation sites is 3. The SMILES string of the molecule is [2H]c1c([2H])c([2H])c(-c2c([2H])c([2H])c(N(c3c([2H])c([2H])c(-c4c([2H])c([2H])c([2H])c5c([2H])c([2H])c([2H])c([2H])c45)c([2H])c3[2H])c3c([2H])c([2H])c([2H])c([2H])c3-c3c([2H])c([2H])c([2H])c4c3c3c([2H])c([2H])c([2H])c([2H])c3n4-c3c([2H])c([2H])c([2H])c([2H])c3[2H])c([2H])c2[2H])c([2H])c1[2H]. The first-order chi connectivity index (χ1) is 41.8. The third kappa shape index (κ3) is 5.44. The summed E-state index contributed by atoms with van der Waals surface area (Å²) in [4.78, 5) is 0.215. The second kappa shape index (κ2) is 13.4. The lowest BCUT2D eigenvalue weighted by molar-refractivity contribution is 1.18. The summed E-state index contributed by atoms with van der Waals surface area (Å²) in [5, 5.41) is -3.14. The van der Waals surface area contributed by atoms with Crippen LogP contribution in [0.5, 0.6) is 0 Å². The van der Waals surface area contributed by atoms with Crippen LogP contribution in [0.15, 0.2) is 218 Å². The number of aromatic nitrogens is 1. The molecule has 0 saturated carbocycles. The van der Waals surface area contributed by atoms with E-state index in [1.165, 1.54) is 0 Å². The molecule has 0 aliphatic heterocycles. The minimum absolute atomic E-state index is 0.215. The maximum absolute atomic E-state index is 9.87. The zero-order chi connectivity index (χ0) is 67.2. The molecule has 0 spiro atoms. The van der Waals surface area contributed by atoms with Gasteiger partial charge >= 0.3 is 0 Å². The maximum atomic E-state index is 9.87. The summed E-state index contributed by atoms with van der Waals surface area (Å²) in [6, 6.07) is -41.2. The van der Waals surface area contributed by atoms with Crippen molar-refractivity contribution < 1.29 is 49.3 Å². The Morgan fingerprint density at radius 1 is 0.352 bits per heavy atom. The molecule has 54 heavy (non-hydrogen) atoms. The first kappa shape index (κ1) is 11.7. The molecule has 1 aromatic heterocycles. The largest absolute Gasteiger partial charge is 0.310 e. The monoisotopic (exact) mass is 725 g/mol. The predicted octanol–water partition coefficient (Wildman–Crippen LogP) is 14.4. The van der Waals surface area contributed by atoms with Crippen molar-refractivity contribution in [3.8, 4) is 39.1 Å². The fourth-order valence-corrected chi connectivity index (χ4v) is 5.79. The van der Waals surface area contributed by atoms with Crippen LogP contribution >= 0.6 is 0 Å². The molecule has 0 fully saturated rings. The molecule has 0 unspecified atom stereocenters. The molecule has 0 aliphatic carbocycles. The summed E-state index contributed by atoms with van der Waals surface area (Å²) < 4.78 is 328. The van der Waals surface area contributed by atoms with Crippen molar-refractivity contribution >= 4 is 49.6 Å². The molecule has 0 saturated heterocycles. The topological polar surface area (TPSA) is 8.17 Å². The number of hydrogen-bond acceptors (Lipinski definition) is 1. The van der Waals surface area contributed by atoms with Crippen molar-refractivity contribution in [3.63, 3.8) is 0 Å². The first-order valence-electron chi connectivity index (χ1n) is 33.6. The summed E-state index contributed by atoms with van der Waals surface area (Å²) in [5.41, 5.74) is -12.7. The summed E-state index contributed by atoms with van der Waals surface area (Å²) >= 11 is 0. The van der Waals surface area contributed by atoms with Crippen molar-refractivity contribution in [2.75, 3.05) is 4.90 Å². The van der Waals surface area contributed by atoms with Gasteiger partial charge in [0.25, 0.3) is 0 Å². The molecule has 254 valence electrons. The van der Waals surface area contributed by atoms with Crippen LogP contribution in [0.1, 0.15) is 49.3 Å². The Balaban J connectivity index is 1.50. The molecule has 0 N–H and O–H groups in total. The molecule has 2 nitrogen and oxygen atoms in total. The van der Waals surface area contributed by atoms with E-state index in [1.54, 1.807) is 0 Å². The minimum atomic E-state index is -1.43. The molecule has 9 aromatic carbocycles. The van der Waals surface area contributed by atoms with Gasteiger partial charge in [-0.3, -0.25) is 0 Å². The molecule has 0 radical (unpaired) electrons. The van der Waals surface area contributed by atoms with E-state index in [1.807, 2.05) is 0 Å². The number of benzene rings is 9. The predicted molar refractivity (Wildman–Crippen MR) is 229 cm³/mol. The highest BCUT2D eigenvalue weighted by Gasteiger charge is 2.21. The minimum Gasteiger partial charge on any atom is -0.310 e. The van der Waals surface area contributed by atoms with Crippen molar-refractivity contribution in [1.82, 2.24) is 4.57 Å². The van der Waals surface area contributed by atoms with E-state index in [0.29, 0.717) is 4.57 Å². The van der Waals surface area contributed by atoms with E-state index >= 15 is 0 Å². The number of fused-ring (bicyclic) bond motifs is 4. The molecule has 2 heteroatoms. The Hall–Kier alpha value is -7.16. The highest BCUT2D eigenvalue weighted by molar-refractivity contribution is 6.17. The third-order valence-corrected chi connectivity index (χ3v) is 8.06. The number of rotatable bonds is 7. The first-order valence-corrected chi connectivity index (χ1v) is 15.6. The zero-order valence-electron chi connectivity index (χ0n) is 62.9. The molecular weight excluding hydrogens is 653 g/mol. The molecule has 0 amide bonds. The van der Waals surface area contributed by atoms with Gasteiger partial charge in [-0.25, -0.2) is 0 Å². The van der Waals surface area contributed by atoms with Crippen molar-refractivity contribution in [2.24, 2.45) is 0 Å². The molecule has 0 atom stereocenters. The van der Waals surface area contributed by atoms with Crippen LogP contribution in [-0.4, -0.2) is 4.57 Å². The van der Waals surface area contributed by atoms with Crippen LogP contribution in [0.2, 0.25) is 0 Å². The second-order valence-corrected chi connectivity index (χ2v) is 11.0. The van der Waals surface area contributed by atoms with Crippen molar-refractivity contribution in [1.29, 1.82) is 0 Å². The van der Waals surface area contributed by atoms with Crippen LogP contribution in [0.25, 0.3) is 71.6 Å². The molecule has 10 aromatic rings. The van der Waals surface area contributed by atoms with Crippen molar-refractivity contribution in [2.45, 2.75) is 0 Å². The van der Waals surface area contributed by atoms with Crippen LogP contribution in [0, 0.1) is 0 Å². The molecule has 10 rings (SSSR count). The van der Waals surface area contributed by atoms with E-state index in [9.17, 15) is 21.9 Å². The lowest BCUT2D eigenvalue weighted by Crippen LogP contribution is -2.11. The zero-order valence-corrected chi connectivity index (χ0v) is 26.9. The van der Waals surface area contributed by atoms with E-state index < -0.39 is 306 Å². The number of anilines is 3. The van der Waals surface area contributed by atoms with Crippen LogP contribution in [0.3, 0.4) is 0 Å². The second-order valence-electron chi connectivity index (χ2n) is 11.0. The summed E-state index contributed by atoms with van der Waals surface area (Å²) in [5.74, 6) is 0. The lowest BCUT2D eigenvalue weighted by Gasteiger charge is -2.28. The van der Waals surface area contributed by atoms with E-state index in [0.717, 1.165) is 0 Å². The molecular formula is C52H36N2. The standard InChI is InChI=1S/C52H36N2/c1-3-15-37(16-4-1)38-29-33-42(34-30-38)53(43-35-31-40(32-36-43)45-24-13-18-39-17-7-8-21-44(39)45)49-26-11-9-22-46(49)47-25-14-28-51-52(47)48-23-10-12-27-50(48)54(51)41-19-5-2-6-20-41/h1-36H/i1D,2D,3D,4D,5D,6D,7D,8D,9D,10D,11D,12D,13D,14D,15D,16D,17D,18D,19D,20D,21D,22D,23D,24D,25D,26D,27D,28D,29D,30D,31D,32D,33D,34D,35D,36D.